The number of ether oxygens (including phenoxy) is 1. The van der Waals surface area contributed by atoms with E-state index in [-0.39, 0.29) is 13.0 Å². The molecule has 0 aromatic carbocycles. The lowest BCUT2D eigenvalue weighted by Gasteiger charge is -2.13. The molecule has 0 amide bonds. The van der Waals surface area contributed by atoms with Gasteiger partial charge in [0.15, 0.2) is 0 Å². The summed E-state index contributed by atoms with van der Waals surface area (Å²) in [5, 5.41) is 8.99. The fourth-order valence-corrected chi connectivity index (χ4v) is 1.01. The molecule has 0 radical (unpaired) electrons. The van der Waals surface area contributed by atoms with Crippen LogP contribution in [0, 0.1) is 5.92 Å². The predicted molar refractivity (Wildman–Crippen MR) is 51.6 cm³/mol. The van der Waals surface area contributed by atoms with Gasteiger partial charge in [-0.15, -0.1) is 0 Å². The van der Waals surface area contributed by atoms with Crippen molar-refractivity contribution in [3.8, 4) is 0 Å². The third-order valence-corrected chi connectivity index (χ3v) is 1.90. The molecular weight excluding hydrogens is 209 g/mol. The molecule has 0 aliphatic heterocycles. The van der Waals surface area contributed by atoms with E-state index >= 15 is 0 Å². The van der Waals surface area contributed by atoms with Crippen LogP contribution in [0.15, 0.2) is 0 Å². The fraction of sp³-hybridized carbons (Fsp3) is 1.00. The Bertz CT molecular complexity index is 157. The Hall–Kier alpha value is -0.290. The van der Waals surface area contributed by atoms with E-state index in [2.05, 4.69) is 0 Å². The van der Waals surface area contributed by atoms with Gasteiger partial charge < -0.3 is 9.84 Å². The van der Waals surface area contributed by atoms with E-state index in [1.165, 1.54) is 0 Å². The number of aliphatic hydroxyl groups excluding tert-OH is 1. The summed E-state index contributed by atoms with van der Waals surface area (Å²) in [7, 11) is 0. The molecular formula is C10H19F3O2. The van der Waals surface area contributed by atoms with E-state index in [1.54, 1.807) is 0 Å². The maximum Gasteiger partial charge on any atom is 0.391 e. The van der Waals surface area contributed by atoms with Gasteiger partial charge in [0.05, 0.1) is 12.5 Å². The van der Waals surface area contributed by atoms with Crippen molar-refractivity contribution >= 4 is 0 Å². The highest BCUT2D eigenvalue weighted by molar-refractivity contribution is 4.61. The molecule has 5 heteroatoms. The highest BCUT2D eigenvalue weighted by Crippen LogP contribution is 2.22. The van der Waals surface area contributed by atoms with Crippen LogP contribution in [0.2, 0.25) is 0 Å². The smallest absolute Gasteiger partial charge is 0.391 e. The van der Waals surface area contributed by atoms with Crippen molar-refractivity contribution in [1.29, 1.82) is 0 Å². The summed E-state index contributed by atoms with van der Waals surface area (Å²) in [5.41, 5.74) is 0. The highest BCUT2D eigenvalue weighted by atomic mass is 19.4. The van der Waals surface area contributed by atoms with Gasteiger partial charge in [-0.2, -0.15) is 13.2 Å². The average molecular weight is 228 g/mol. The number of aliphatic hydroxyl groups is 1. The second-order valence-electron chi connectivity index (χ2n) is 4.06. The molecule has 0 aromatic heterocycles. The van der Waals surface area contributed by atoms with Gasteiger partial charge in [0.2, 0.25) is 0 Å². The van der Waals surface area contributed by atoms with Crippen LogP contribution in [-0.4, -0.2) is 30.6 Å². The number of rotatable bonds is 7. The van der Waals surface area contributed by atoms with Crippen LogP contribution in [0.1, 0.15) is 33.1 Å². The number of hydrogen-bond donors (Lipinski definition) is 1. The summed E-state index contributed by atoms with van der Waals surface area (Å²) in [5.74, 6) is 0.519. The van der Waals surface area contributed by atoms with Crippen LogP contribution < -0.4 is 0 Å². The maximum absolute atomic E-state index is 11.8. The van der Waals surface area contributed by atoms with Crippen LogP contribution in [0.5, 0.6) is 0 Å². The van der Waals surface area contributed by atoms with Crippen molar-refractivity contribution in [3.05, 3.63) is 0 Å². The van der Waals surface area contributed by atoms with Crippen LogP contribution in [-0.2, 0) is 4.74 Å². The lowest BCUT2D eigenvalue weighted by Crippen LogP contribution is -2.20. The molecule has 1 atom stereocenters. The third-order valence-electron chi connectivity index (χ3n) is 1.90. The zero-order chi connectivity index (χ0) is 11.9. The molecule has 0 saturated carbocycles. The second kappa shape index (κ2) is 7.06. The Labute approximate surface area is 88.4 Å². The molecule has 0 saturated heterocycles. The van der Waals surface area contributed by atoms with Gasteiger partial charge in [0.1, 0.15) is 0 Å². The predicted octanol–water partition coefficient (Wildman–Crippen LogP) is 2.75. The number of halogens is 3. The first-order chi connectivity index (χ1) is 6.81. The molecule has 1 N–H and O–H groups in total. The fourth-order valence-electron chi connectivity index (χ4n) is 1.01. The largest absolute Gasteiger partial charge is 0.393 e. The van der Waals surface area contributed by atoms with Crippen LogP contribution in [0.3, 0.4) is 0 Å². The summed E-state index contributed by atoms with van der Waals surface area (Å²) in [6, 6.07) is 0. The third kappa shape index (κ3) is 11.6. The Kier molecular flexibility index (Phi) is 6.92. The molecule has 0 fully saturated rings. The summed E-state index contributed by atoms with van der Waals surface area (Å²) < 4.78 is 40.5. The molecule has 2 nitrogen and oxygen atoms in total. The van der Waals surface area contributed by atoms with Crippen molar-refractivity contribution in [1.82, 2.24) is 0 Å². The Morgan fingerprint density at radius 1 is 1.13 bits per heavy atom. The first kappa shape index (κ1) is 14.7. The normalized spacial score (nSPS) is 14.6. The van der Waals surface area contributed by atoms with Gasteiger partial charge in [-0.1, -0.05) is 13.8 Å². The van der Waals surface area contributed by atoms with Crippen molar-refractivity contribution in [2.45, 2.75) is 45.4 Å². The molecule has 0 heterocycles. The van der Waals surface area contributed by atoms with Crippen molar-refractivity contribution in [2.75, 3.05) is 13.2 Å². The van der Waals surface area contributed by atoms with Crippen molar-refractivity contribution in [3.63, 3.8) is 0 Å². The standard InChI is InChI=1S/C10H19F3O2/c1-8(2)3-5-15-6-4-9(14)7-10(11,12)13/h8-9,14H,3-7H2,1-2H3. The second-order valence-corrected chi connectivity index (χ2v) is 4.06. The first-order valence-electron chi connectivity index (χ1n) is 5.14. The lowest BCUT2D eigenvalue weighted by atomic mass is 10.1. The molecule has 0 rings (SSSR count). The van der Waals surface area contributed by atoms with Crippen molar-refractivity contribution < 1.29 is 23.0 Å². The zero-order valence-corrected chi connectivity index (χ0v) is 9.18. The van der Waals surface area contributed by atoms with Gasteiger partial charge in [0.25, 0.3) is 0 Å². The van der Waals surface area contributed by atoms with Crippen molar-refractivity contribution in [2.24, 2.45) is 5.92 Å². The molecule has 1 unspecified atom stereocenters. The maximum atomic E-state index is 11.8. The van der Waals surface area contributed by atoms with Gasteiger partial charge in [0, 0.05) is 13.2 Å². The number of alkyl halides is 3. The molecule has 15 heavy (non-hydrogen) atoms. The Balaban J connectivity index is 3.36. The van der Waals surface area contributed by atoms with E-state index in [0.717, 1.165) is 6.42 Å². The van der Waals surface area contributed by atoms with Crippen LogP contribution in [0.25, 0.3) is 0 Å². The van der Waals surface area contributed by atoms with E-state index < -0.39 is 18.7 Å². The average Bonchev–Trinajstić information content (AvgIpc) is 1.99. The van der Waals surface area contributed by atoms with E-state index in [1.807, 2.05) is 13.8 Å². The quantitative estimate of drug-likeness (QED) is 0.679. The summed E-state index contributed by atoms with van der Waals surface area (Å²) in [4.78, 5) is 0. The highest BCUT2D eigenvalue weighted by Gasteiger charge is 2.30. The lowest BCUT2D eigenvalue weighted by molar-refractivity contribution is -0.155. The molecule has 0 aromatic rings. The first-order valence-corrected chi connectivity index (χ1v) is 5.14. The van der Waals surface area contributed by atoms with Gasteiger partial charge in [-0.3, -0.25) is 0 Å². The zero-order valence-electron chi connectivity index (χ0n) is 9.18. The SMILES string of the molecule is CC(C)CCOCCC(O)CC(F)(F)F. The van der Waals surface area contributed by atoms with Crippen LogP contribution >= 0.6 is 0 Å². The summed E-state index contributed by atoms with van der Waals surface area (Å²) in [6.07, 6.45) is -5.87. The number of hydrogen-bond acceptors (Lipinski definition) is 2. The summed E-state index contributed by atoms with van der Waals surface area (Å²) >= 11 is 0. The Morgan fingerprint density at radius 3 is 2.13 bits per heavy atom. The molecule has 0 bridgehead atoms. The van der Waals surface area contributed by atoms with Gasteiger partial charge in [-0.05, 0) is 18.8 Å². The van der Waals surface area contributed by atoms with E-state index in [4.69, 9.17) is 9.84 Å². The Morgan fingerprint density at radius 2 is 1.67 bits per heavy atom. The van der Waals surface area contributed by atoms with E-state index in [0.29, 0.717) is 12.5 Å². The van der Waals surface area contributed by atoms with Crippen LogP contribution in [0.4, 0.5) is 13.2 Å². The minimum Gasteiger partial charge on any atom is -0.393 e. The molecule has 0 aliphatic carbocycles. The molecule has 0 spiro atoms. The molecule has 0 aliphatic rings. The van der Waals surface area contributed by atoms with Gasteiger partial charge in [-0.25, -0.2) is 0 Å². The summed E-state index contributed by atoms with van der Waals surface area (Å²) in [6.45, 7) is 4.81. The topological polar surface area (TPSA) is 29.5 Å². The van der Waals surface area contributed by atoms with Gasteiger partial charge >= 0.3 is 6.18 Å². The monoisotopic (exact) mass is 228 g/mol. The molecule has 92 valence electrons. The minimum atomic E-state index is -4.29. The van der Waals surface area contributed by atoms with E-state index in [9.17, 15) is 13.2 Å². The minimum absolute atomic E-state index is 0.0393.